The van der Waals surface area contributed by atoms with Crippen LogP contribution in [-0.4, -0.2) is 23.0 Å². The maximum Gasteiger partial charge on any atom is 0.275 e. The van der Waals surface area contributed by atoms with Crippen molar-refractivity contribution in [1.29, 1.82) is 0 Å². The van der Waals surface area contributed by atoms with Gasteiger partial charge in [0.15, 0.2) is 0 Å². The predicted octanol–water partition coefficient (Wildman–Crippen LogP) is 4.13. The summed E-state index contributed by atoms with van der Waals surface area (Å²) in [5.74, 6) is 0.791. The van der Waals surface area contributed by atoms with Gasteiger partial charge in [0.2, 0.25) is 0 Å². The molecule has 3 rings (SSSR count). The molecule has 25 heavy (non-hydrogen) atoms. The number of methoxy groups -OCH3 is 1. The van der Waals surface area contributed by atoms with Crippen molar-refractivity contribution >= 4 is 34.7 Å². The van der Waals surface area contributed by atoms with Gasteiger partial charge in [0.25, 0.3) is 5.91 Å². The maximum absolute atomic E-state index is 12.2. The number of carbonyl (C=O) groups is 1. The minimum Gasteiger partial charge on any atom is -0.497 e. The first-order valence-corrected chi connectivity index (χ1v) is 7.82. The predicted molar refractivity (Wildman–Crippen MR) is 97.7 cm³/mol. The molecule has 3 aromatic rings. The highest BCUT2D eigenvalue weighted by Gasteiger charge is 2.09. The lowest BCUT2D eigenvalue weighted by Gasteiger charge is -2.08. The van der Waals surface area contributed by atoms with Gasteiger partial charge in [0.1, 0.15) is 17.3 Å². The van der Waals surface area contributed by atoms with E-state index in [2.05, 4.69) is 20.6 Å². The second kappa shape index (κ2) is 7.63. The number of rotatable bonds is 5. The molecule has 2 N–H and O–H groups in total. The Morgan fingerprint density at radius 2 is 1.92 bits per heavy atom. The van der Waals surface area contributed by atoms with E-state index in [1.807, 2.05) is 18.2 Å². The van der Waals surface area contributed by atoms with Crippen molar-refractivity contribution in [3.63, 3.8) is 0 Å². The Bertz CT molecular complexity index is 884. The molecule has 1 heterocycles. The first-order chi connectivity index (χ1) is 12.2. The van der Waals surface area contributed by atoms with Crippen molar-refractivity contribution in [2.75, 3.05) is 17.7 Å². The molecule has 0 fully saturated rings. The summed E-state index contributed by atoms with van der Waals surface area (Å²) in [5.41, 5.74) is 1.53. The SMILES string of the molecule is COc1cccc(NC(=O)c2cnc(Nc3ccccc3Cl)cn2)c1. The van der Waals surface area contributed by atoms with Gasteiger partial charge in [-0.05, 0) is 24.3 Å². The topological polar surface area (TPSA) is 76.1 Å². The Morgan fingerprint density at radius 1 is 1.08 bits per heavy atom. The number of ether oxygens (including phenoxy) is 1. The number of amides is 1. The van der Waals surface area contributed by atoms with E-state index >= 15 is 0 Å². The average molecular weight is 355 g/mol. The Morgan fingerprint density at radius 3 is 2.64 bits per heavy atom. The van der Waals surface area contributed by atoms with Gasteiger partial charge in [-0.25, -0.2) is 9.97 Å². The number of anilines is 3. The second-order valence-corrected chi connectivity index (χ2v) is 5.49. The molecule has 0 aliphatic heterocycles. The summed E-state index contributed by atoms with van der Waals surface area (Å²) in [6, 6.07) is 14.4. The van der Waals surface area contributed by atoms with Gasteiger partial charge in [0.05, 0.1) is 30.2 Å². The van der Waals surface area contributed by atoms with Crippen LogP contribution in [0.2, 0.25) is 5.02 Å². The van der Waals surface area contributed by atoms with Crippen LogP contribution in [0.15, 0.2) is 60.9 Å². The Kier molecular flexibility index (Phi) is 5.11. The van der Waals surface area contributed by atoms with E-state index in [9.17, 15) is 4.79 Å². The van der Waals surface area contributed by atoms with E-state index in [-0.39, 0.29) is 11.6 Å². The van der Waals surface area contributed by atoms with Gasteiger partial charge in [-0.3, -0.25) is 4.79 Å². The number of hydrogen-bond acceptors (Lipinski definition) is 5. The van der Waals surface area contributed by atoms with Crippen molar-refractivity contribution in [2.24, 2.45) is 0 Å². The molecule has 1 aromatic heterocycles. The van der Waals surface area contributed by atoms with E-state index in [1.165, 1.54) is 12.4 Å². The molecule has 0 unspecified atom stereocenters. The number of hydrogen-bond donors (Lipinski definition) is 2. The summed E-state index contributed by atoms with van der Waals surface area (Å²) in [6.07, 6.45) is 2.87. The van der Waals surface area contributed by atoms with Crippen LogP contribution in [0.25, 0.3) is 0 Å². The first-order valence-electron chi connectivity index (χ1n) is 7.45. The van der Waals surface area contributed by atoms with Crippen LogP contribution in [0, 0.1) is 0 Å². The van der Waals surface area contributed by atoms with Crippen LogP contribution < -0.4 is 15.4 Å². The highest BCUT2D eigenvalue weighted by molar-refractivity contribution is 6.33. The van der Waals surface area contributed by atoms with E-state index in [0.717, 1.165) is 0 Å². The van der Waals surface area contributed by atoms with Crippen molar-refractivity contribution in [1.82, 2.24) is 9.97 Å². The van der Waals surface area contributed by atoms with Crippen LogP contribution in [-0.2, 0) is 0 Å². The summed E-state index contributed by atoms with van der Waals surface area (Å²) in [4.78, 5) is 20.6. The molecule has 0 saturated carbocycles. The second-order valence-electron chi connectivity index (χ2n) is 5.08. The fraction of sp³-hybridized carbons (Fsp3) is 0.0556. The summed E-state index contributed by atoms with van der Waals surface area (Å²) < 4.78 is 5.13. The number of para-hydroxylation sites is 1. The summed E-state index contributed by atoms with van der Waals surface area (Å²) >= 11 is 6.09. The molecule has 0 radical (unpaired) electrons. The van der Waals surface area contributed by atoms with Crippen LogP contribution in [0.1, 0.15) is 10.5 Å². The van der Waals surface area contributed by atoms with Gasteiger partial charge in [0, 0.05) is 11.8 Å². The number of halogens is 1. The zero-order chi connectivity index (χ0) is 17.6. The molecule has 2 aromatic carbocycles. The summed E-state index contributed by atoms with van der Waals surface area (Å²) in [5, 5.41) is 6.37. The smallest absolute Gasteiger partial charge is 0.275 e. The number of nitrogens with one attached hydrogen (secondary N) is 2. The molecule has 0 bridgehead atoms. The standard InChI is InChI=1S/C18H15ClN4O2/c1-25-13-6-4-5-12(9-13)22-18(24)16-10-21-17(11-20-16)23-15-8-3-2-7-14(15)19/h2-11H,1H3,(H,21,23)(H,22,24). The normalized spacial score (nSPS) is 10.2. The van der Waals surface area contributed by atoms with E-state index in [1.54, 1.807) is 37.4 Å². The zero-order valence-corrected chi connectivity index (χ0v) is 14.1. The highest BCUT2D eigenvalue weighted by Crippen LogP contribution is 2.23. The summed E-state index contributed by atoms with van der Waals surface area (Å²) in [7, 11) is 1.57. The van der Waals surface area contributed by atoms with Crippen LogP contribution in [0.4, 0.5) is 17.2 Å². The van der Waals surface area contributed by atoms with E-state index < -0.39 is 0 Å². The minimum atomic E-state index is -0.356. The molecule has 7 heteroatoms. The third-order valence-electron chi connectivity index (χ3n) is 3.35. The van der Waals surface area contributed by atoms with Crippen LogP contribution >= 0.6 is 11.6 Å². The Labute approximate surface area is 149 Å². The largest absolute Gasteiger partial charge is 0.497 e. The summed E-state index contributed by atoms with van der Waals surface area (Å²) in [6.45, 7) is 0. The lowest BCUT2D eigenvalue weighted by atomic mass is 10.3. The molecular formula is C18H15ClN4O2. The van der Waals surface area contributed by atoms with E-state index in [4.69, 9.17) is 16.3 Å². The quantitative estimate of drug-likeness (QED) is 0.720. The third-order valence-corrected chi connectivity index (χ3v) is 3.68. The fourth-order valence-electron chi connectivity index (χ4n) is 2.11. The van der Waals surface area contributed by atoms with Crippen LogP contribution in [0.3, 0.4) is 0 Å². The minimum absolute atomic E-state index is 0.201. The van der Waals surface area contributed by atoms with Gasteiger partial charge >= 0.3 is 0 Å². The molecule has 0 aliphatic rings. The van der Waals surface area contributed by atoms with E-state index in [0.29, 0.717) is 28.0 Å². The monoisotopic (exact) mass is 354 g/mol. The number of aromatic nitrogens is 2. The molecule has 0 atom stereocenters. The van der Waals surface area contributed by atoms with Gasteiger partial charge in [-0.15, -0.1) is 0 Å². The van der Waals surface area contributed by atoms with Crippen molar-refractivity contribution in [3.05, 3.63) is 71.6 Å². The molecular weight excluding hydrogens is 340 g/mol. The highest BCUT2D eigenvalue weighted by atomic mass is 35.5. The van der Waals surface area contributed by atoms with Gasteiger partial charge in [-0.1, -0.05) is 29.8 Å². The molecule has 1 amide bonds. The molecule has 0 spiro atoms. The fourth-order valence-corrected chi connectivity index (χ4v) is 2.29. The number of nitrogens with zero attached hydrogens (tertiary/aromatic N) is 2. The molecule has 126 valence electrons. The van der Waals surface area contributed by atoms with Gasteiger partial charge < -0.3 is 15.4 Å². The number of benzene rings is 2. The lowest BCUT2D eigenvalue weighted by molar-refractivity contribution is 0.102. The van der Waals surface area contributed by atoms with Crippen LogP contribution in [0.5, 0.6) is 5.75 Å². The molecule has 6 nitrogen and oxygen atoms in total. The lowest BCUT2D eigenvalue weighted by Crippen LogP contribution is -2.14. The third kappa shape index (κ3) is 4.24. The Balaban J connectivity index is 1.69. The van der Waals surface area contributed by atoms with Crippen molar-refractivity contribution in [2.45, 2.75) is 0 Å². The molecule has 0 saturated heterocycles. The molecule has 0 aliphatic carbocycles. The number of carbonyl (C=O) groups excluding carboxylic acids is 1. The maximum atomic E-state index is 12.2. The first kappa shape index (κ1) is 16.7. The average Bonchev–Trinajstić information content (AvgIpc) is 2.64. The Hall–Kier alpha value is -3.12. The van der Waals surface area contributed by atoms with Crippen molar-refractivity contribution in [3.8, 4) is 5.75 Å². The van der Waals surface area contributed by atoms with Crippen molar-refractivity contribution < 1.29 is 9.53 Å². The zero-order valence-electron chi connectivity index (χ0n) is 13.4. The van der Waals surface area contributed by atoms with Gasteiger partial charge in [-0.2, -0.15) is 0 Å².